The molecule has 16 heavy (non-hydrogen) atoms. The standard InChI is InChI=1S/C12H19N3S/c13-15-11-5-6-14-12(7-11)9-16-8-10-3-1-2-4-10/h5-7,10H,1-4,8-9,13H2,(H,14,15). The zero-order chi connectivity index (χ0) is 11.2. The van der Waals surface area contributed by atoms with E-state index in [2.05, 4.69) is 10.4 Å². The number of anilines is 1. The Kier molecular flexibility index (Phi) is 4.48. The third-order valence-electron chi connectivity index (χ3n) is 3.06. The van der Waals surface area contributed by atoms with Gasteiger partial charge in [0.1, 0.15) is 0 Å². The second-order valence-electron chi connectivity index (χ2n) is 4.35. The predicted molar refractivity (Wildman–Crippen MR) is 70.2 cm³/mol. The molecule has 1 aliphatic rings. The van der Waals surface area contributed by atoms with Crippen molar-refractivity contribution in [1.29, 1.82) is 0 Å². The Hall–Kier alpha value is -0.740. The Morgan fingerprint density at radius 1 is 1.44 bits per heavy atom. The molecule has 0 bridgehead atoms. The molecule has 0 aliphatic heterocycles. The van der Waals surface area contributed by atoms with Crippen molar-refractivity contribution >= 4 is 17.4 Å². The minimum absolute atomic E-state index is 0.937. The Morgan fingerprint density at radius 3 is 3.00 bits per heavy atom. The molecular formula is C12H19N3S. The van der Waals surface area contributed by atoms with Gasteiger partial charge in [0.25, 0.3) is 0 Å². The number of nitrogens with two attached hydrogens (primary N) is 1. The van der Waals surface area contributed by atoms with Crippen molar-refractivity contribution in [3.63, 3.8) is 0 Å². The van der Waals surface area contributed by atoms with E-state index in [9.17, 15) is 0 Å². The van der Waals surface area contributed by atoms with Gasteiger partial charge in [-0.3, -0.25) is 10.8 Å². The lowest BCUT2D eigenvalue weighted by Gasteiger charge is -2.08. The highest BCUT2D eigenvalue weighted by atomic mass is 32.2. The molecule has 1 fully saturated rings. The van der Waals surface area contributed by atoms with Gasteiger partial charge in [-0.2, -0.15) is 11.8 Å². The largest absolute Gasteiger partial charge is 0.324 e. The van der Waals surface area contributed by atoms with Crippen LogP contribution in [0.4, 0.5) is 5.69 Å². The van der Waals surface area contributed by atoms with Gasteiger partial charge in [0, 0.05) is 11.9 Å². The molecule has 0 radical (unpaired) electrons. The first-order valence-corrected chi connectivity index (χ1v) is 7.03. The molecule has 0 saturated heterocycles. The number of hydrogen-bond acceptors (Lipinski definition) is 4. The molecule has 2 rings (SSSR count). The van der Waals surface area contributed by atoms with E-state index in [1.807, 2.05) is 23.9 Å². The topological polar surface area (TPSA) is 50.9 Å². The maximum absolute atomic E-state index is 5.36. The molecule has 1 saturated carbocycles. The molecule has 0 aromatic carbocycles. The van der Waals surface area contributed by atoms with Gasteiger partial charge in [-0.05, 0) is 36.6 Å². The van der Waals surface area contributed by atoms with Crippen molar-refractivity contribution in [1.82, 2.24) is 4.98 Å². The van der Waals surface area contributed by atoms with E-state index in [-0.39, 0.29) is 0 Å². The lowest BCUT2D eigenvalue weighted by atomic mass is 10.1. The van der Waals surface area contributed by atoms with Crippen LogP contribution in [0.15, 0.2) is 18.3 Å². The number of thioether (sulfide) groups is 1. The smallest absolute Gasteiger partial charge is 0.0523 e. The molecule has 1 aromatic heterocycles. The lowest BCUT2D eigenvalue weighted by Crippen LogP contribution is -2.07. The fourth-order valence-corrected chi connectivity index (χ4v) is 3.31. The molecule has 3 N–H and O–H groups in total. The van der Waals surface area contributed by atoms with Gasteiger partial charge in [0.15, 0.2) is 0 Å². The molecule has 0 unspecified atom stereocenters. The molecule has 1 aromatic rings. The first-order chi connectivity index (χ1) is 7.88. The SMILES string of the molecule is NNc1ccnc(CSCC2CCCC2)c1. The molecule has 0 atom stereocenters. The van der Waals surface area contributed by atoms with Crippen molar-refractivity contribution in [2.45, 2.75) is 31.4 Å². The van der Waals surface area contributed by atoms with Gasteiger partial charge < -0.3 is 5.43 Å². The van der Waals surface area contributed by atoms with E-state index in [1.54, 1.807) is 6.20 Å². The average Bonchev–Trinajstić information content (AvgIpc) is 2.82. The molecule has 1 aliphatic carbocycles. The van der Waals surface area contributed by atoms with E-state index in [4.69, 9.17) is 5.84 Å². The molecule has 3 nitrogen and oxygen atoms in total. The second kappa shape index (κ2) is 6.11. The van der Waals surface area contributed by atoms with Gasteiger partial charge in [-0.15, -0.1) is 0 Å². The van der Waals surface area contributed by atoms with Crippen LogP contribution < -0.4 is 11.3 Å². The van der Waals surface area contributed by atoms with Crippen molar-refractivity contribution in [2.24, 2.45) is 11.8 Å². The van der Waals surface area contributed by atoms with E-state index in [0.717, 1.165) is 23.1 Å². The van der Waals surface area contributed by atoms with Crippen LogP contribution in [-0.2, 0) is 5.75 Å². The van der Waals surface area contributed by atoms with Gasteiger partial charge >= 0.3 is 0 Å². The highest BCUT2D eigenvalue weighted by Gasteiger charge is 2.14. The molecular weight excluding hydrogens is 218 g/mol. The van der Waals surface area contributed by atoms with Gasteiger partial charge in [-0.1, -0.05) is 12.8 Å². The minimum atomic E-state index is 0.937. The van der Waals surface area contributed by atoms with E-state index in [0.29, 0.717) is 0 Å². The maximum Gasteiger partial charge on any atom is 0.0523 e. The summed E-state index contributed by atoms with van der Waals surface area (Å²) < 4.78 is 0. The third kappa shape index (κ3) is 3.39. The summed E-state index contributed by atoms with van der Waals surface area (Å²) in [4.78, 5) is 4.34. The average molecular weight is 237 g/mol. The number of aromatic nitrogens is 1. The van der Waals surface area contributed by atoms with Crippen molar-refractivity contribution in [3.8, 4) is 0 Å². The molecule has 1 heterocycles. The normalized spacial score (nSPS) is 16.6. The van der Waals surface area contributed by atoms with Gasteiger partial charge in [0.2, 0.25) is 0 Å². The predicted octanol–water partition coefficient (Wildman–Crippen LogP) is 2.79. The van der Waals surface area contributed by atoms with Crippen LogP contribution in [-0.4, -0.2) is 10.7 Å². The van der Waals surface area contributed by atoms with E-state index >= 15 is 0 Å². The summed E-state index contributed by atoms with van der Waals surface area (Å²) in [6.07, 6.45) is 7.50. The number of hydrogen-bond donors (Lipinski definition) is 2. The molecule has 0 amide bonds. The fourth-order valence-electron chi connectivity index (χ4n) is 2.15. The summed E-state index contributed by atoms with van der Waals surface area (Å²) >= 11 is 1.99. The number of hydrazine groups is 1. The van der Waals surface area contributed by atoms with E-state index < -0.39 is 0 Å². The summed E-state index contributed by atoms with van der Waals surface area (Å²) in [5.74, 6) is 8.58. The highest BCUT2D eigenvalue weighted by Crippen LogP contribution is 2.28. The molecule has 88 valence electrons. The van der Waals surface area contributed by atoms with Crippen molar-refractivity contribution in [3.05, 3.63) is 24.0 Å². The molecule has 0 spiro atoms. The zero-order valence-electron chi connectivity index (χ0n) is 9.48. The number of pyridine rings is 1. The summed E-state index contributed by atoms with van der Waals surface area (Å²) in [5, 5.41) is 0. The maximum atomic E-state index is 5.36. The summed E-state index contributed by atoms with van der Waals surface area (Å²) in [6.45, 7) is 0. The van der Waals surface area contributed by atoms with Crippen LogP contribution in [0.3, 0.4) is 0 Å². The van der Waals surface area contributed by atoms with Gasteiger partial charge in [0.05, 0.1) is 11.4 Å². The zero-order valence-corrected chi connectivity index (χ0v) is 10.3. The fraction of sp³-hybridized carbons (Fsp3) is 0.583. The highest BCUT2D eigenvalue weighted by molar-refractivity contribution is 7.98. The first kappa shape index (κ1) is 11.7. The van der Waals surface area contributed by atoms with Crippen LogP contribution in [0.2, 0.25) is 0 Å². The quantitative estimate of drug-likeness (QED) is 0.611. The van der Waals surface area contributed by atoms with Crippen LogP contribution in [0, 0.1) is 5.92 Å². The van der Waals surface area contributed by atoms with Gasteiger partial charge in [-0.25, -0.2) is 0 Å². The summed E-state index contributed by atoms with van der Waals surface area (Å²) in [7, 11) is 0. The molecule has 4 heteroatoms. The Bertz CT molecular complexity index is 324. The number of nitrogen functional groups attached to an aromatic ring is 1. The Labute approximate surface area is 101 Å². The Balaban J connectivity index is 1.75. The Morgan fingerprint density at radius 2 is 2.25 bits per heavy atom. The number of nitrogens with zero attached hydrogens (tertiary/aromatic N) is 1. The monoisotopic (exact) mass is 237 g/mol. The van der Waals surface area contributed by atoms with Crippen molar-refractivity contribution < 1.29 is 0 Å². The van der Waals surface area contributed by atoms with Crippen LogP contribution in [0.5, 0.6) is 0 Å². The second-order valence-corrected chi connectivity index (χ2v) is 5.38. The summed E-state index contributed by atoms with van der Waals surface area (Å²) in [6, 6.07) is 3.90. The van der Waals surface area contributed by atoms with E-state index in [1.165, 1.54) is 31.4 Å². The van der Waals surface area contributed by atoms with Crippen LogP contribution in [0.25, 0.3) is 0 Å². The van der Waals surface area contributed by atoms with Crippen LogP contribution >= 0.6 is 11.8 Å². The first-order valence-electron chi connectivity index (χ1n) is 5.88. The summed E-state index contributed by atoms with van der Waals surface area (Å²) in [5.41, 5.74) is 4.70. The van der Waals surface area contributed by atoms with Crippen molar-refractivity contribution in [2.75, 3.05) is 11.2 Å². The lowest BCUT2D eigenvalue weighted by molar-refractivity contribution is 0.623. The number of rotatable bonds is 5. The minimum Gasteiger partial charge on any atom is -0.324 e. The number of nitrogens with one attached hydrogen (secondary N) is 1. The van der Waals surface area contributed by atoms with Crippen LogP contribution in [0.1, 0.15) is 31.4 Å². The third-order valence-corrected chi connectivity index (χ3v) is 4.27.